The predicted octanol–water partition coefficient (Wildman–Crippen LogP) is 2.26. The van der Waals surface area contributed by atoms with Crippen LogP contribution in [-0.2, 0) is 14.3 Å². The van der Waals surface area contributed by atoms with E-state index in [-0.39, 0.29) is 5.92 Å². The maximum atomic E-state index is 11.4. The Morgan fingerprint density at radius 3 is 2.53 bits per heavy atom. The molecule has 0 aliphatic heterocycles. The maximum Gasteiger partial charge on any atom is 0.264 e. The van der Waals surface area contributed by atoms with Crippen molar-refractivity contribution in [1.29, 1.82) is 0 Å². The van der Waals surface area contributed by atoms with Crippen LogP contribution < -0.4 is 0 Å². The highest BCUT2D eigenvalue weighted by Crippen LogP contribution is 2.54. The first-order valence-corrected chi connectivity index (χ1v) is 8.31. The summed E-state index contributed by atoms with van der Waals surface area (Å²) in [7, 11) is -3.50. The normalized spacial score (nSPS) is 28.1. The van der Waals surface area contributed by atoms with E-state index in [1.165, 1.54) is 0 Å². The van der Waals surface area contributed by atoms with Gasteiger partial charge in [-0.1, -0.05) is 43.7 Å². The fourth-order valence-corrected chi connectivity index (χ4v) is 3.56. The smallest absolute Gasteiger partial charge is 0.264 e. The summed E-state index contributed by atoms with van der Waals surface area (Å²) >= 11 is 0. The van der Waals surface area contributed by atoms with Crippen LogP contribution in [-0.4, -0.2) is 25.4 Å². The average molecular weight is 284 g/mol. The first-order chi connectivity index (χ1) is 8.86. The van der Waals surface area contributed by atoms with Crippen LogP contribution in [0.2, 0.25) is 0 Å². The number of aliphatic hydroxyl groups is 1. The molecule has 1 N–H and O–H groups in total. The summed E-state index contributed by atoms with van der Waals surface area (Å²) < 4.78 is 28.0. The number of hydrogen-bond donors (Lipinski definition) is 1. The molecule has 19 heavy (non-hydrogen) atoms. The molecule has 3 atom stereocenters. The van der Waals surface area contributed by atoms with Crippen LogP contribution in [0.3, 0.4) is 0 Å². The number of rotatable bonds is 6. The number of hydrogen-bond acceptors (Lipinski definition) is 4. The number of benzene rings is 1. The molecule has 0 aromatic heterocycles. The van der Waals surface area contributed by atoms with Crippen LogP contribution in [0.25, 0.3) is 0 Å². The van der Waals surface area contributed by atoms with Gasteiger partial charge in [0.05, 0.1) is 18.0 Å². The van der Waals surface area contributed by atoms with Crippen molar-refractivity contribution >= 4 is 10.1 Å². The van der Waals surface area contributed by atoms with E-state index in [1.807, 2.05) is 37.3 Å². The molecule has 4 nitrogen and oxygen atoms in total. The molecule has 1 unspecified atom stereocenters. The largest absolute Gasteiger partial charge is 0.388 e. The highest BCUT2D eigenvalue weighted by Gasteiger charge is 2.57. The highest BCUT2D eigenvalue weighted by molar-refractivity contribution is 7.86. The maximum absolute atomic E-state index is 11.4. The van der Waals surface area contributed by atoms with E-state index in [0.29, 0.717) is 12.8 Å². The third kappa shape index (κ3) is 3.55. The van der Waals surface area contributed by atoms with Gasteiger partial charge in [-0.2, -0.15) is 8.42 Å². The van der Waals surface area contributed by atoms with E-state index in [1.54, 1.807) is 0 Å². The van der Waals surface area contributed by atoms with Crippen LogP contribution >= 0.6 is 0 Å². The van der Waals surface area contributed by atoms with Gasteiger partial charge in [-0.3, -0.25) is 4.18 Å². The molecule has 0 spiro atoms. The Morgan fingerprint density at radius 2 is 2.05 bits per heavy atom. The molecule has 1 aromatic carbocycles. The Morgan fingerprint density at radius 1 is 1.42 bits per heavy atom. The zero-order valence-electron chi connectivity index (χ0n) is 11.2. The van der Waals surface area contributed by atoms with Gasteiger partial charge in [0.1, 0.15) is 0 Å². The van der Waals surface area contributed by atoms with Crippen LogP contribution in [0.15, 0.2) is 30.3 Å². The van der Waals surface area contributed by atoms with Crippen LogP contribution in [0.1, 0.15) is 37.9 Å². The summed E-state index contributed by atoms with van der Waals surface area (Å²) in [5, 5.41) is 10.2. The van der Waals surface area contributed by atoms with Crippen molar-refractivity contribution in [2.45, 2.75) is 37.9 Å². The van der Waals surface area contributed by atoms with Gasteiger partial charge in [-0.15, -0.1) is 0 Å². The van der Waals surface area contributed by atoms with Gasteiger partial charge in [0, 0.05) is 6.42 Å². The van der Waals surface area contributed by atoms with Gasteiger partial charge in [-0.05, 0) is 17.9 Å². The van der Waals surface area contributed by atoms with E-state index in [2.05, 4.69) is 0 Å². The lowest BCUT2D eigenvalue weighted by Crippen LogP contribution is -2.24. The Bertz CT molecular complexity index is 526. The van der Waals surface area contributed by atoms with Crippen molar-refractivity contribution < 1.29 is 17.7 Å². The molecule has 0 heterocycles. The lowest BCUT2D eigenvalue weighted by atomic mass is 10.0. The van der Waals surface area contributed by atoms with E-state index in [4.69, 9.17) is 4.18 Å². The minimum atomic E-state index is -3.50. The minimum Gasteiger partial charge on any atom is -0.388 e. The fraction of sp³-hybridized carbons (Fsp3) is 0.571. The van der Waals surface area contributed by atoms with Crippen molar-refractivity contribution in [3.05, 3.63) is 35.9 Å². The van der Waals surface area contributed by atoms with Crippen molar-refractivity contribution in [3.8, 4) is 0 Å². The lowest BCUT2D eigenvalue weighted by molar-refractivity contribution is 0.0746. The van der Waals surface area contributed by atoms with Gasteiger partial charge in [0.15, 0.2) is 0 Å². The molecule has 5 heteroatoms. The van der Waals surface area contributed by atoms with Crippen LogP contribution in [0.4, 0.5) is 0 Å². The minimum absolute atomic E-state index is 0.209. The second-order valence-electron chi connectivity index (χ2n) is 5.29. The molecular formula is C14H20O4S. The summed E-state index contributed by atoms with van der Waals surface area (Å²) in [5.74, 6) is 0.209. The Labute approximate surface area is 114 Å². The molecule has 1 fully saturated rings. The molecule has 0 saturated heterocycles. The van der Waals surface area contributed by atoms with Gasteiger partial charge >= 0.3 is 0 Å². The van der Waals surface area contributed by atoms with Crippen molar-refractivity contribution in [2.24, 2.45) is 5.92 Å². The van der Waals surface area contributed by atoms with E-state index in [0.717, 1.165) is 18.2 Å². The summed E-state index contributed by atoms with van der Waals surface area (Å²) in [6, 6.07) is 9.26. The van der Waals surface area contributed by atoms with Crippen molar-refractivity contribution in [3.63, 3.8) is 0 Å². The first kappa shape index (κ1) is 14.5. The highest BCUT2D eigenvalue weighted by atomic mass is 32.2. The first-order valence-electron chi connectivity index (χ1n) is 6.50. The van der Waals surface area contributed by atoms with Crippen LogP contribution in [0.5, 0.6) is 0 Å². The Kier molecular flexibility index (Phi) is 3.99. The molecule has 0 amide bonds. The summed E-state index contributed by atoms with van der Waals surface area (Å²) in [4.78, 5) is 0. The second kappa shape index (κ2) is 5.23. The van der Waals surface area contributed by atoms with Gasteiger partial charge < -0.3 is 5.11 Å². The zero-order chi connectivity index (χ0) is 14.1. The summed E-state index contributed by atoms with van der Waals surface area (Å²) in [5.41, 5.74) is 0.0816. The SMILES string of the molecule is CC[C@@H]1C[C@@]1(CC(O)c1ccccc1)OS(C)(=O)=O. The molecule has 1 aliphatic rings. The van der Waals surface area contributed by atoms with Crippen molar-refractivity contribution in [2.75, 3.05) is 6.26 Å². The molecule has 1 aromatic rings. The third-order valence-corrected chi connectivity index (χ3v) is 4.34. The third-order valence-electron chi connectivity index (χ3n) is 3.71. The van der Waals surface area contributed by atoms with E-state index in [9.17, 15) is 13.5 Å². The zero-order valence-corrected chi connectivity index (χ0v) is 12.1. The topological polar surface area (TPSA) is 63.6 Å². The molecular weight excluding hydrogens is 264 g/mol. The summed E-state index contributed by atoms with van der Waals surface area (Å²) in [6.45, 7) is 2.01. The molecule has 2 rings (SSSR count). The van der Waals surface area contributed by atoms with Gasteiger partial charge in [-0.25, -0.2) is 0 Å². The molecule has 106 valence electrons. The van der Waals surface area contributed by atoms with E-state index >= 15 is 0 Å². The predicted molar refractivity (Wildman–Crippen MR) is 73.1 cm³/mol. The average Bonchev–Trinajstić information content (AvgIpc) is 3.00. The van der Waals surface area contributed by atoms with Crippen molar-refractivity contribution in [1.82, 2.24) is 0 Å². The molecule has 0 bridgehead atoms. The molecule has 1 saturated carbocycles. The molecule has 1 aliphatic carbocycles. The summed E-state index contributed by atoms with van der Waals surface area (Å²) in [6.07, 6.45) is 2.24. The van der Waals surface area contributed by atoms with Gasteiger partial charge in [0.2, 0.25) is 0 Å². The standard InChI is InChI=1S/C14H20O4S/c1-3-12-9-14(12,18-19(2,16)17)10-13(15)11-7-5-4-6-8-11/h4-8,12-13,15H,3,9-10H2,1-2H3/t12-,13?,14+/m1/s1. The van der Waals surface area contributed by atoms with Crippen LogP contribution in [0, 0.1) is 5.92 Å². The monoisotopic (exact) mass is 284 g/mol. The lowest BCUT2D eigenvalue weighted by Gasteiger charge is -2.20. The number of aliphatic hydroxyl groups excluding tert-OH is 1. The quantitative estimate of drug-likeness (QED) is 0.814. The Balaban J connectivity index is 2.11. The Hall–Kier alpha value is -0.910. The second-order valence-corrected chi connectivity index (χ2v) is 6.87. The fourth-order valence-electron chi connectivity index (χ4n) is 2.68. The van der Waals surface area contributed by atoms with Gasteiger partial charge in [0.25, 0.3) is 10.1 Å². The molecule has 0 radical (unpaired) electrons. The van der Waals surface area contributed by atoms with E-state index < -0.39 is 21.8 Å².